The molecule has 2 rings (SSSR count). The second-order valence-electron chi connectivity index (χ2n) is 8.12. The number of nitrogens with one attached hydrogen (secondary N) is 1. The van der Waals surface area contributed by atoms with Crippen LogP contribution in [0.15, 0.2) is 24.3 Å². The van der Waals surface area contributed by atoms with E-state index in [0.717, 1.165) is 12.3 Å². The fraction of sp³-hybridized carbons (Fsp3) is 0.684. The zero-order valence-corrected chi connectivity index (χ0v) is 14.2. The molecule has 1 aromatic carbocycles. The minimum atomic E-state index is 0.266. The average Bonchev–Trinajstić information content (AvgIpc) is 2.32. The summed E-state index contributed by atoms with van der Waals surface area (Å²) in [6, 6.07) is 9.33. The molecule has 2 nitrogen and oxygen atoms in total. The van der Waals surface area contributed by atoms with Gasteiger partial charge in [-0.2, -0.15) is 0 Å². The van der Waals surface area contributed by atoms with Crippen molar-refractivity contribution in [2.24, 2.45) is 17.2 Å². The van der Waals surface area contributed by atoms with Gasteiger partial charge in [0.2, 0.25) is 0 Å². The van der Waals surface area contributed by atoms with Gasteiger partial charge in [0.1, 0.15) is 0 Å². The van der Waals surface area contributed by atoms with Crippen molar-refractivity contribution in [1.82, 2.24) is 5.43 Å². The van der Waals surface area contributed by atoms with Crippen LogP contribution in [0.1, 0.15) is 82.9 Å². The van der Waals surface area contributed by atoms with E-state index in [0.29, 0.717) is 11.3 Å². The van der Waals surface area contributed by atoms with Crippen LogP contribution >= 0.6 is 0 Å². The Hall–Kier alpha value is -0.860. The van der Waals surface area contributed by atoms with Gasteiger partial charge in [0.05, 0.1) is 0 Å². The maximum absolute atomic E-state index is 5.84. The number of nitrogens with two attached hydrogens (primary N) is 1. The quantitative estimate of drug-likeness (QED) is 0.576. The van der Waals surface area contributed by atoms with Crippen LogP contribution in [0.4, 0.5) is 0 Å². The van der Waals surface area contributed by atoms with Crippen LogP contribution in [0.5, 0.6) is 0 Å². The molecule has 118 valence electrons. The zero-order valence-electron chi connectivity index (χ0n) is 14.2. The molecule has 2 atom stereocenters. The zero-order chi connectivity index (χ0) is 15.5. The molecule has 1 saturated carbocycles. The molecule has 0 aromatic heterocycles. The number of rotatable bonds is 6. The van der Waals surface area contributed by atoms with E-state index in [2.05, 4.69) is 57.4 Å². The Morgan fingerprint density at radius 1 is 1.29 bits per heavy atom. The van der Waals surface area contributed by atoms with Crippen LogP contribution in [-0.2, 0) is 0 Å². The van der Waals surface area contributed by atoms with Gasteiger partial charge in [-0.3, -0.25) is 11.3 Å². The Morgan fingerprint density at radius 3 is 2.52 bits per heavy atom. The minimum Gasteiger partial charge on any atom is -0.271 e. The van der Waals surface area contributed by atoms with E-state index in [9.17, 15) is 0 Å². The maximum atomic E-state index is 5.84. The summed E-state index contributed by atoms with van der Waals surface area (Å²) < 4.78 is 0. The van der Waals surface area contributed by atoms with Crippen LogP contribution in [-0.4, -0.2) is 0 Å². The van der Waals surface area contributed by atoms with Crippen molar-refractivity contribution in [3.8, 4) is 0 Å². The number of hydrogen-bond donors (Lipinski definition) is 2. The van der Waals surface area contributed by atoms with Crippen molar-refractivity contribution in [2.75, 3.05) is 0 Å². The molecule has 0 heterocycles. The SMILES string of the molecule is CC(CC(NN)c1cccc(C2CCC2)c1)CC(C)(C)C. The second-order valence-corrected chi connectivity index (χ2v) is 8.12. The normalized spacial score (nSPS) is 19.1. The lowest BCUT2D eigenvalue weighted by molar-refractivity contribution is 0.276. The first-order valence-corrected chi connectivity index (χ1v) is 8.45. The fourth-order valence-corrected chi connectivity index (χ4v) is 3.60. The molecule has 3 N–H and O–H groups in total. The van der Waals surface area contributed by atoms with Crippen LogP contribution in [0, 0.1) is 11.3 Å². The third-order valence-electron chi connectivity index (χ3n) is 4.69. The van der Waals surface area contributed by atoms with Gasteiger partial charge < -0.3 is 0 Å². The van der Waals surface area contributed by atoms with Crippen molar-refractivity contribution >= 4 is 0 Å². The average molecular weight is 288 g/mol. The molecule has 1 aromatic rings. The van der Waals surface area contributed by atoms with Crippen molar-refractivity contribution < 1.29 is 0 Å². The highest BCUT2D eigenvalue weighted by Crippen LogP contribution is 2.37. The Morgan fingerprint density at radius 2 is 2.00 bits per heavy atom. The van der Waals surface area contributed by atoms with Crippen molar-refractivity contribution in [1.29, 1.82) is 0 Å². The van der Waals surface area contributed by atoms with E-state index in [4.69, 9.17) is 5.84 Å². The third kappa shape index (κ3) is 4.82. The topological polar surface area (TPSA) is 38.0 Å². The molecule has 1 fully saturated rings. The first kappa shape index (κ1) is 16.5. The Balaban J connectivity index is 2.03. The predicted octanol–water partition coefficient (Wildman–Crippen LogP) is 4.92. The van der Waals surface area contributed by atoms with Crippen LogP contribution < -0.4 is 11.3 Å². The smallest absolute Gasteiger partial charge is 0.0462 e. The van der Waals surface area contributed by atoms with Gasteiger partial charge in [-0.15, -0.1) is 0 Å². The summed E-state index contributed by atoms with van der Waals surface area (Å²) in [5.41, 5.74) is 6.27. The monoisotopic (exact) mass is 288 g/mol. The van der Waals surface area contributed by atoms with Gasteiger partial charge in [0.15, 0.2) is 0 Å². The van der Waals surface area contributed by atoms with E-state index in [1.807, 2.05) is 0 Å². The summed E-state index contributed by atoms with van der Waals surface area (Å²) in [6.07, 6.45) is 6.42. The molecular formula is C19H32N2. The van der Waals surface area contributed by atoms with E-state index >= 15 is 0 Å². The van der Waals surface area contributed by atoms with Gasteiger partial charge in [-0.25, -0.2) is 0 Å². The maximum Gasteiger partial charge on any atom is 0.0462 e. The van der Waals surface area contributed by atoms with Crippen molar-refractivity contribution in [3.05, 3.63) is 35.4 Å². The molecule has 0 radical (unpaired) electrons. The minimum absolute atomic E-state index is 0.266. The molecular weight excluding hydrogens is 256 g/mol. The van der Waals surface area contributed by atoms with Crippen molar-refractivity contribution in [2.45, 2.75) is 71.8 Å². The largest absolute Gasteiger partial charge is 0.271 e. The molecule has 1 aliphatic rings. The second kappa shape index (κ2) is 6.93. The van der Waals surface area contributed by atoms with Gasteiger partial charge in [0.25, 0.3) is 0 Å². The molecule has 21 heavy (non-hydrogen) atoms. The molecule has 0 aliphatic heterocycles. The van der Waals surface area contributed by atoms with Gasteiger partial charge in [0, 0.05) is 6.04 Å². The van der Waals surface area contributed by atoms with Crippen LogP contribution in [0.3, 0.4) is 0 Å². The Bertz CT molecular complexity index is 443. The summed E-state index contributed by atoms with van der Waals surface area (Å²) in [5, 5.41) is 0. The van der Waals surface area contributed by atoms with Crippen LogP contribution in [0.25, 0.3) is 0 Å². The summed E-state index contributed by atoms with van der Waals surface area (Å²) in [7, 11) is 0. The fourth-order valence-electron chi connectivity index (χ4n) is 3.60. The third-order valence-corrected chi connectivity index (χ3v) is 4.69. The van der Waals surface area contributed by atoms with Crippen molar-refractivity contribution in [3.63, 3.8) is 0 Å². The highest BCUT2D eigenvalue weighted by molar-refractivity contribution is 5.29. The summed E-state index contributed by atoms with van der Waals surface area (Å²) in [5.74, 6) is 7.29. The predicted molar refractivity (Wildman–Crippen MR) is 91.0 cm³/mol. The molecule has 0 bridgehead atoms. The molecule has 0 spiro atoms. The lowest BCUT2D eigenvalue weighted by Gasteiger charge is -2.29. The van der Waals surface area contributed by atoms with Gasteiger partial charge >= 0.3 is 0 Å². The Kier molecular flexibility index (Phi) is 5.45. The highest BCUT2D eigenvalue weighted by atomic mass is 15.2. The molecule has 2 unspecified atom stereocenters. The lowest BCUT2D eigenvalue weighted by atomic mass is 9.78. The molecule has 0 amide bonds. The van der Waals surface area contributed by atoms with Gasteiger partial charge in [-0.1, -0.05) is 58.4 Å². The summed E-state index contributed by atoms with van der Waals surface area (Å²) in [4.78, 5) is 0. The first-order valence-electron chi connectivity index (χ1n) is 8.45. The summed E-state index contributed by atoms with van der Waals surface area (Å²) in [6.45, 7) is 9.27. The van der Waals surface area contributed by atoms with Crippen LogP contribution in [0.2, 0.25) is 0 Å². The molecule has 2 heteroatoms. The van der Waals surface area contributed by atoms with Gasteiger partial charge in [-0.05, 0) is 54.1 Å². The molecule has 0 saturated heterocycles. The first-order chi connectivity index (χ1) is 9.89. The standard InChI is InChI=1S/C19H32N2/c1-14(13-19(2,3)4)11-18(21-20)17-10-6-9-16(12-17)15-7-5-8-15/h6,9-10,12,14-15,18,21H,5,7-8,11,13,20H2,1-4H3. The van der Waals surface area contributed by atoms with E-state index < -0.39 is 0 Å². The lowest BCUT2D eigenvalue weighted by Crippen LogP contribution is -2.30. The summed E-state index contributed by atoms with van der Waals surface area (Å²) >= 11 is 0. The van der Waals surface area contributed by atoms with E-state index in [1.54, 1.807) is 0 Å². The van der Waals surface area contributed by atoms with E-state index in [-0.39, 0.29) is 6.04 Å². The number of hydrogen-bond acceptors (Lipinski definition) is 2. The number of benzene rings is 1. The Labute approximate surface area is 130 Å². The molecule has 1 aliphatic carbocycles. The highest BCUT2D eigenvalue weighted by Gasteiger charge is 2.22. The van der Waals surface area contributed by atoms with E-state index in [1.165, 1.54) is 36.8 Å². The number of hydrazine groups is 1.